The molecule has 2 rings (SSSR count). The van der Waals surface area contributed by atoms with Crippen LogP contribution in [0.15, 0.2) is 47.4 Å². The van der Waals surface area contributed by atoms with Crippen LogP contribution >= 0.6 is 23.2 Å². The van der Waals surface area contributed by atoms with Gasteiger partial charge in [-0.3, -0.25) is 4.79 Å². The van der Waals surface area contributed by atoms with Crippen molar-refractivity contribution in [3.8, 4) is 0 Å². The highest BCUT2D eigenvalue weighted by Gasteiger charge is 2.15. The summed E-state index contributed by atoms with van der Waals surface area (Å²) in [5, 5.41) is 3.54. The summed E-state index contributed by atoms with van der Waals surface area (Å²) >= 11 is 11.8. The number of carbonyl (C=O) groups is 1. The fourth-order valence-corrected chi connectivity index (χ4v) is 4.05. The lowest BCUT2D eigenvalue weighted by Gasteiger charge is -2.10. The topological polar surface area (TPSA) is 75.3 Å². The highest BCUT2D eigenvalue weighted by Crippen LogP contribution is 2.20. The fourth-order valence-electron chi connectivity index (χ4n) is 2.30. The zero-order valence-electron chi connectivity index (χ0n) is 14.4. The number of halogens is 2. The molecule has 0 unspecified atom stereocenters. The molecule has 2 aromatic carbocycles. The lowest BCUT2D eigenvalue weighted by Crippen LogP contribution is -2.30. The van der Waals surface area contributed by atoms with Gasteiger partial charge in [-0.1, -0.05) is 35.3 Å². The Morgan fingerprint density at radius 3 is 2.31 bits per heavy atom. The van der Waals surface area contributed by atoms with Crippen LogP contribution in [-0.2, 0) is 16.4 Å². The van der Waals surface area contributed by atoms with E-state index in [0.29, 0.717) is 28.6 Å². The minimum atomic E-state index is -3.50. The van der Waals surface area contributed by atoms with E-state index in [9.17, 15) is 13.2 Å². The minimum Gasteiger partial charge on any atom is -0.352 e. The summed E-state index contributed by atoms with van der Waals surface area (Å²) in [5.41, 5.74) is 1.27. The minimum absolute atomic E-state index is 0.172. The maximum atomic E-state index is 12.1. The molecular weight excluding hydrogens is 395 g/mol. The molecule has 2 N–H and O–H groups in total. The zero-order valence-corrected chi connectivity index (χ0v) is 16.8. The van der Waals surface area contributed by atoms with Crippen molar-refractivity contribution in [1.29, 1.82) is 0 Å². The van der Waals surface area contributed by atoms with Gasteiger partial charge in [-0.05, 0) is 56.2 Å². The van der Waals surface area contributed by atoms with Crippen LogP contribution in [-0.4, -0.2) is 26.9 Å². The molecule has 0 saturated heterocycles. The van der Waals surface area contributed by atoms with Gasteiger partial charge in [-0.2, -0.15) is 0 Å². The lowest BCUT2D eigenvalue weighted by atomic mass is 10.1. The molecule has 0 bridgehead atoms. The molecule has 1 amide bonds. The smallest absolute Gasteiger partial charge is 0.252 e. The van der Waals surface area contributed by atoms with Gasteiger partial charge in [-0.15, -0.1) is 0 Å². The van der Waals surface area contributed by atoms with Crippen LogP contribution in [0.3, 0.4) is 0 Å². The number of sulfonamides is 1. The Morgan fingerprint density at radius 1 is 1.08 bits per heavy atom. The lowest BCUT2D eigenvalue weighted by molar-refractivity contribution is 0.0954. The number of hydrogen-bond acceptors (Lipinski definition) is 3. The number of benzene rings is 2. The molecule has 0 aliphatic rings. The van der Waals surface area contributed by atoms with Crippen molar-refractivity contribution in [3.63, 3.8) is 0 Å². The summed E-state index contributed by atoms with van der Waals surface area (Å²) in [7, 11) is -3.50. The standard InChI is InChI=1S/C18H20Cl2N2O3S/c1-12(2)22-26(24,25)15-6-3-13(4-7-15)9-10-21-18(23)16-8-5-14(19)11-17(16)20/h3-8,11-12,22H,9-10H2,1-2H3,(H,21,23). The average Bonchev–Trinajstić information content (AvgIpc) is 2.54. The molecule has 0 aliphatic carbocycles. The first kappa shape index (κ1) is 20.7. The molecule has 5 nitrogen and oxygen atoms in total. The first-order valence-corrected chi connectivity index (χ1v) is 10.3. The van der Waals surface area contributed by atoms with Gasteiger partial charge in [0.15, 0.2) is 0 Å². The Labute approximate surface area is 163 Å². The Kier molecular flexibility index (Phi) is 7.06. The van der Waals surface area contributed by atoms with Crippen LogP contribution in [0.1, 0.15) is 29.8 Å². The second-order valence-electron chi connectivity index (χ2n) is 6.05. The summed E-state index contributed by atoms with van der Waals surface area (Å²) in [4.78, 5) is 12.3. The highest BCUT2D eigenvalue weighted by molar-refractivity contribution is 7.89. The van der Waals surface area contributed by atoms with Gasteiger partial charge >= 0.3 is 0 Å². The maximum Gasteiger partial charge on any atom is 0.252 e. The first-order chi connectivity index (χ1) is 12.2. The van der Waals surface area contributed by atoms with Gasteiger partial charge in [0.2, 0.25) is 10.0 Å². The Morgan fingerprint density at radius 2 is 1.73 bits per heavy atom. The molecule has 0 atom stereocenters. The summed E-state index contributed by atoms with van der Waals surface area (Å²) in [6.07, 6.45) is 0.564. The van der Waals surface area contributed by atoms with Gasteiger partial charge < -0.3 is 5.32 Å². The van der Waals surface area contributed by atoms with Crippen molar-refractivity contribution in [1.82, 2.24) is 10.0 Å². The van der Waals surface area contributed by atoms with E-state index in [-0.39, 0.29) is 16.8 Å². The van der Waals surface area contributed by atoms with Crippen molar-refractivity contribution in [3.05, 3.63) is 63.6 Å². The van der Waals surface area contributed by atoms with Crippen LogP contribution in [0, 0.1) is 0 Å². The van der Waals surface area contributed by atoms with Crippen LogP contribution in [0.5, 0.6) is 0 Å². The summed E-state index contributed by atoms with van der Waals surface area (Å²) < 4.78 is 26.7. The van der Waals surface area contributed by atoms with Gasteiger partial charge in [-0.25, -0.2) is 13.1 Å². The molecule has 0 aliphatic heterocycles. The summed E-state index contributed by atoms with van der Waals surface area (Å²) in [5.74, 6) is -0.285. The van der Waals surface area contributed by atoms with Crippen molar-refractivity contribution in [2.75, 3.05) is 6.54 Å². The maximum absolute atomic E-state index is 12.1. The number of carbonyl (C=O) groups excluding carboxylic acids is 1. The first-order valence-electron chi connectivity index (χ1n) is 8.03. The molecule has 0 heterocycles. The van der Waals surface area contributed by atoms with Crippen LogP contribution < -0.4 is 10.0 Å². The van der Waals surface area contributed by atoms with Crippen LogP contribution in [0.2, 0.25) is 10.0 Å². The quantitative estimate of drug-likeness (QED) is 0.725. The molecule has 0 aromatic heterocycles. The van der Waals surface area contributed by atoms with Gasteiger partial charge in [0, 0.05) is 17.6 Å². The number of hydrogen-bond donors (Lipinski definition) is 2. The molecule has 26 heavy (non-hydrogen) atoms. The van der Waals surface area contributed by atoms with E-state index in [1.807, 2.05) is 0 Å². The molecular formula is C18H20Cl2N2O3S. The normalized spacial score (nSPS) is 11.6. The Hall–Kier alpha value is -1.60. The zero-order chi connectivity index (χ0) is 19.3. The van der Waals surface area contributed by atoms with Crippen molar-refractivity contribution < 1.29 is 13.2 Å². The fraction of sp³-hybridized carbons (Fsp3) is 0.278. The Balaban J connectivity index is 1.93. The largest absolute Gasteiger partial charge is 0.352 e. The second kappa shape index (κ2) is 8.86. The molecule has 0 radical (unpaired) electrons. The third-order valence-corrected chi connectivity index (χ3v) is 5.72. The molecule has 0 fully saturated rings. The van der Waals surface area contributed by atoms with E-state index in [4.69, 9.17) is 23.2 Å². The van der Waals surface area contributed by atoms with E-state index in [1.54, 1.807) is 50.2 Å². The van der Waals surface area contributed by atoms with Gasteiger partial charge in [0.05, 0.1) is 15.5 Å². The van der Waals surface area contributed by atoms with Crippen LogP contribution in [0.4, 0.5) is 0 Å². The SMILES string of the molecule is CC(C)NS(=O)(=O)c1ccc(CCNC(=O)c2ccc(Cl)cc2Cl)cc1. The summed E-state index contributed by atoms with van der Waals surface area (Å²) in [6.45, 7) is 3.93. The average molecular weight is 415 g/mol. The predicted molar refractivity (Wildman–Crippen MR) is 104 cm³/mol. The molecule has 0 spiro atoms. The molecule has 8 heteroatoms. The van der Waals surface area contributed by atoms with Crippen molar-refractivity contribution in [2.45, 2.75) is 31.2 Å². The van der Waals surface area contributed by atoms with Crippen molar-refractivity contribution in [2.24, 2.45) is 0 Å². The van der Waals surface area contributed by atoms with E-state index >= 15 is 0 Å². The predicted octanol–water partition coefficient (Wildman–Crippen LogP) is 3.65. The van der Waals surface area contributed by atoms with E-state index in [2.05, 4.69) is 10.0 Å². The number of amides is 1. The van der Waals surface area contributed by atoms with E-state index in [0.717, 1.165) is 5.56 Å². The Bertz CT molecular complexity index is 882. The van der Waals surface area contributed by atoms with Crippen LogP contribution in [0.25, 0.3) is 0 Å². The highest BCUT2D eigenvalue weighted by atomic mass is 35.5. The molecule has 2 aromatic rings. The third-order valence-electron chi connectivity index (χ3n) is 3.50. The third kappa shape index (κ3) is 5.71. The monoisotopic (exact) mass is 414 g/mol. The molecule has 140 valence electrons. The second-order valence-corrected chi connectivity index (χ2v) is 8.61. The van der Waals surface area contributed by atoms with E-state index < -0.39 is 10.0 Å². The van der Waals surface area contributed by atoms with E-state index in [1.165, 1.54) is 6.07 Å². The van der Waals surface area contributed by atoms with Gasteiger partial charge in [0.1, 0.15) is 0 Å². The number of rotatable bonds is 7. The molecule has 0 saturated carbocycles. The number of nitrogens with one attached hydrogen (secondary N) is 2. The van der Waals surface area contributed by atoms with Crippen molar-refractivity contribution >= 4 is 39.1 Å². The summed E-state index contributed by atoms with van der Waals surface area (Å²) in [6, 6.07) is 11.1. The van der Waals surface area contributed by atoms with Gasteiger partial charge in [0.25, 0.3) is 5.91 Å².